The minimum atomic E-state index is -0.407. The van der Waals surface area contributed by atoms with Crippen molar-refractivity contribution in [1.29, 1.82) is 0 Å². The molecule has 0 radical (unpaired) electrons. The molecule has 0 saturated carbocycles. The molecule has 0 aromatic heterocycles. The topological polar surface area (TPSA) is 65.1 Å². The van der Waals surface area contributed by atoms with Gasteiger partial charge in [0.2, 0.25) is 0 Å². The lowest BCUT2D eigenvalue weighted by Gasteiger charge is -2.26. The normalized spacial score (nSPS) is 16.8. The Bertz CT molecular complexity index is 1160. The first-order valence-corrected chi connectivity index (χ1v) is 11.7. The molecule has 3 aromatic rings. The summed E-state index contributed by atoms with van der Waals surface area (Å²) in [5.41, 5.74) is 4.08. The lowest BCUT2D eigenvalue weighted by atomic mass is 10.0. The first kappa shape index (κ1) is 22.0. The third-order valence-corrected chi connectivity index (χ3v) is 6.29. The Labute approximate surface area is 199 Å². The Morgan fingerprint density at radius 3 is 2.41 bits per heavy atom. The number of amides is 1. The summed E-state index contributed by atoms with van der Waals surface area (Å²) >= 11 is 0. The smallest absolute Gasteiger partial charge is 0.310 e. The summed E-state index contributed by atoms with van der Waals surface area (Å²) in [6.07, 6.45) is 1.91. The van der Waals surface area contributed by atoms with Crippen molar-refractivity contribution in [3.8, 4) is 22.6 Å². The molecular formula is C28H27NO5. The predicted octanol–water partition coefficient (Wildman–Crippen LogP) is 4.57. The van der Waals surface area contributed by atoms with Gasteiger partial charge in [0.25, 0.3) is 5.91 Å². The van der Waals surface area contributed by atoms with E-state index in [1.807, 2.05) is 72.8 Å². The van der Waals surface area contributed by atoms with E-state index in [1.165, 1.54) is 0 Å². The van der Waals surface area contributed by atoms with Gasteiger partial charge in [-0.2, -0.15) is 0 Å². The second-order valence-corrected chi connectivity index (χ2v) is 8.55. The highest BCUT2D eigenvalue weighted by Gasteiger charge is 2.31. The van der Waals surface area contributed by atoms with E-state index in [4.69, 9.17) is 14.2 Å². The zero-order chi connectivity index (χ0) is 23.3. The Morgan fingerprint density at radius 2 is 1.62 bits per heavy atom. The summed E-state index contributed by atoms with van der Waals surface area (Å²) in [5.74, 6) is 0.866. The first-order valence-electron chi connectivity index (χ1n) is 11.7. The van der Waals surface area contributed by atoms with Gasteiger partial charge in [-0.1, -0.05) is 60.7 Å². The summed E-state index contributed by atoms with van der Waals surface area (Å²) < 4.78 is 16.6. The van der Waals surface area contributed by atoms with Crippen molar-refractivity contribution in [3.05, 3.63) is 83.9 Å². The molecule has 0 aliphatic carbocycles. The van der Waals surface area contributed by atoms with Crippen molar-refractivity contribution in [2.45, 2.75) is 25.3 Å². The summed E-state index contributed by atoms with van der Waals surface area (Å²) in [6, 6.07) is 23.7. The van der Waals surface area contributed by atoms with Crippen LogP contribution in [-0.2, 0) is 20.7 Å². The quantitative estimate of drug-likeness (QED) is 0.507. The molecule has 2 heterocycles. The lowest BCUT2D eigenvalue weighted by Crippen LogP contribution is -2.34. The molecule has 1 saturated heterocycles. The van der Waals surface area contributed by atoms with Crippen LogP contribution in [0.15, 0.2) is 72.8 Å². The third-order valence-electron chi connectivity index (χ3n) is 6.29. The molecule has 3 aromatic carbocycles. The molecule has 0 bridgehead atoms. The molecule has 1 fully saturated rings. The van der Waals surface area contributed by atoms with Crippen LogP contribution in [0.2, 0.25) is 0 Å². The maximum atomic E-state index is 12.9. The average Bonchev–Trinajstić information content (AvgIpc) is 3.38. The van der Waals surface area contributed by atoms with Gasteiger partial charge >= 0.3 is 5.97 Å². The van der Waals surface area contributed by atoms with Crippen LogP contribution in [0.25, 0.3) is 11.1 Å². The molecule has 2 aliphatic heterocycles. The zero-order valence-corrected chi connectivity index (χ0v) is 18.9. The predicted molar refractivity (Wildman–Crippen MR) is 128 cm³/mol. The van der Waals surface area contributed by atoms with Gasteiger partial charge < -0.3 is 19.1 Å². The fourth-order valence-corrected chi connectivity index (χ4v) is 4.57. The Kier molecular flexibility index (Phi) is 6.47. The first-order chi connectivity index (χ1) is 16.7. The number of nitrogens with zero attached hydrogens (tertiary/aromatic N) is 1. The Balaban J connectivity index is 1.16. The Morgan fingerprint density at radius 1 is 0.882 bits per heavy atom. The highest BCUT2D eigenvalue weighted by atomic mass is 16.6. The number of hydrogen-bond donors (Lipinski definition) is 0. The highest BCUT2D eigenvalue weighted by molar-refractivity contribution is 5.82. The van der Waals surface area contributed by atoms with Crippen molar-refractivity contribution in [2.75, 3.05) is 26.4 Å². The number of ether oxygens (including phenoxy) is 3. The van der Waals surface area contributed by atoms with E-state index in [0.717, 1.165) is 40.8 Å². The number of fused-ring (bicyclic) bond motifs is 1. The molecule has 6 nitrogen and oxygen atoms in total. The summed E-state index contributed by atoms with van der Waals surface area (Å²) in [5, 5.41) is 0. The molecule has 6 heteroatoms. The third kappa shape index (κ3) is 4.91. The van der Waals surface area contributed by atoms with Crippen LogP contribution in [0.1, 0.15) is 30.0 Å². The van der Waals surface area contributed by atoms with Gasteiger partial charge in [-0.15, -0.1) is 0 Å². The van der Waals surface area contributed by atoms with E-state index >= 15 is 0 Å². The minimum absolute atomic E-state index is 0.0486. The van der Waals surface area contributed by atoms with E-state index in [1.54, 1.807) is 4.90 Å². The van der Waals surface area contributed by atoms with Crippen LogP contribution in [0.3, 0.4) is 0 Å². The molecule has 34 heavy (non-hydrogen) atoms. The summed E-state index contributed by atoms with van der Waals surface area (Å²) in [6.45, 7) is 1.47. The number of rotatable bonds is 6. The monoisotopic (exact) mass is 457 g/mol. The van der Waals surface area contributed by atoms with Gasteiger partial charge in [0.15, 0.2) is 18.1 Å². The van der Waals surface area contributed by atoms with Crippen LogP contribution in [0.5, 0.6) is 11.5 Å². The molecule has 174 valence electrons. The fraction of sp³-hybridized carbons (Fsp3) is 0.286. The molecule has 0 spiro atoms. The van der Waals surface area contributed by atoms with E-state index < -0.39 is 5.97 Å². The molecule has 2 aliphatic rings. The van der Waals surface area contributed by atoms with Gasteiger partial charge in [0.1, 0.15) is 13.2 Å². The second-order valence-electron chi connectivity index (χ2n) is 8.55. The Hall–Kier alpha value is -3.80. The molecular weight excluding hydrogens is 430 g/mol. The minimum Gasteiger partial charge on any atom is -0.486 e. The molecule has 1 unspecified atom stereocenters. The highest BCUT2D eigenvalue weighted by Crippen LogP contribution is 2.38. The van der Waals surface area contributed by atoms with Gasteiger partial charge in [0, 0.05) is 6.54 Å². The van der Waals surface area contributed by atoms with Crippen molar-refractivity contribution in [3.63, 3.8) is 0 Å². The zero-order valence-electron chi connectivity index (χ0n) is 18.9. The van der Waals surface area contributed by atoms with Crippen molar-refractivity contribution < 1.29 is 23.8 Å². The van der Waals surface area contributed by atoms with Crippen LogP contribution in [-0.4, -0.2) is 43.1 Å². The largest absolute Gasteiger partial charge is 0.486 e. The molecule has 1 atom stereocenters. The number of likely N-dealkylation sites (tertiary alicyclic amines) is 1. The number of carbonyl (C=O) groups is 2. The average molecular weight is 458 g/mol. The molecule has 5 rings (SSSR count). The van der Waals surface area contributed by atoms with E-state index in [0.29, 0.717) is 25.5 Å². The summed E-state index contributed by atoms with van der Waals surface area (Å²) in [4.78, 5) is 27.0. The van der Waals surface area contributed by atoms with E-state index in [9.17, 15) is 9.59 Å². The maximum absolute atomic E-state index is 12.9. The van der Waals surface area contributed by atoms with Crippen LogP contribution >= 0.6 is 0 Å². The molecule has 1 amide bonds. The number of esters is 1. The fourth-order valence-electron chi connectivity index (χ4n) is 4.57. The van der Waals surface area contributed by atoms with Crippen LogP contribution in [0, 0.1) is 0 Å². The lowest BCUT2D eigenvalue weighted by molar-refractivity contribution is -0.151. The van der Waals surface area contributed by atoms with Crippen molar-refractivity contribution in [2.24, 2.45) is 0 Å². The standard InChI is InChI=1S/C28H27NO5/c30-27(29-14-4-7-24(29)23-12-13-25-26(18-23)33-16-15-32-25)19-34-28(31)17-20-8-10-22(11-9-20)21-5-2-1-3-6-21/h1-3,5-6,8-13,18,24H,4,7,14-17,19H2. The summed E-state index contributed by atoms with van der Waals surface area (Å²) in [7, 11) is 0. The van der Waals surface area contributed by atoms with Crippen LogP contribution < -0.4 is 9.47 Å². The van der Waals surface area contributed by atoms with E-state index in [2.05, 4.69) is 0 Å². The SMILES string of the molecule is O=C(Cc1ccc(-c2ccccc2)cc1)OCC(=O)N1CCCC1c1ccc2c(c1)OCCO2. The van der Waals surface area contributed by atoms with Gasteiger partial charge in [-0.25, -0.2) is 0 Å². The van der Waals surface area contributed by atoms with Crippen molar-refractivity contribution in [1.82, 2.24) is 4.90 Å². The van der Waals surface area contributed by atoms with Gasteiger partial charge in [-0.3, -0.25) is 9.59 Å². The maximum Gasteiger partial charge on any atom is 0.310 e. The van der Waals surface area contributed by atoms with E-state index in [-0.39, 0.29) is 25.0 Å². The van der Waals surface area contributed by atoms with Crippen molar-refractivity contribution >= 4 is 11.9 Å². The second kappa shape index (κ2) is 10.00. The van der Waals surface area contributed by atoms with Gasteiger partial charge in [-0.05, 0) is 47.2 Å². The van der Waals surface area contributed by atoms with Crippen LogP contribution in [0.4, 0.5) is 0 Å². The van der Waals surface area contributed by atoms with Gasteiger partial charge in [0.05, 0.1) is 12.5 Å². The number of hydrogen-bond acceptors (Lipinski definition) is 5. The molecule has 0 N–H and O–H groups in total. The number of benzene rings is 3. The number of carbonyl (C=O) groups excluding carboxylic acids is 2.